The van der Waals surface area contributed by atoms with E-state index in [2.05, 4.69) is 10.6 Å². The maximum atomic E-state index is 11.4. The minimum atomic E-state index is 0.0644. The third-order valence-electron chi connectivity index (χ3n) is 2.50. The first-order chi connectivity index (χ1) is 7.75. The van der Waals surface area contributed by atoms with Crippen LogP contribution in [-0.4, -0.2) is 18.5 Å². The summed E-state index contributed by atoms with van der Waals surface area (Å²) in [5.41, 5.74) is 1.02. The number of carbonyl (C=O) groups excluding carboxylic acids is 1. The van der Waals surface area contributed by atoms with Gasteiger partial charge in [-0.05, 0) is 24.5 Å². The van der Waals surface area contributed by atoms with Crippen molar-refractivity contribution in [3.05, 3.63) is 34.9 Å². The number of carbonyl (C=O) groups is 1. The van der Waals surface area contributed by atoms with Crippen molar-refractivity contribution in [2.24, 2.45) is 0 Å². The lowest BCUT2D eigenvalue weighted by atomic mass is 10.2. The molecular formula is C12H15ClN2O. The normalized spacial score (nSPS) is 14.8. The predicted molar refractivity (Wildman–Crippen MR) is 64.3 cm³/mol. The molecule has 0 atom stereocenters. The molecule has 0 bridgehead atoms. The van der Waals surface area contributed by atoms with E-state index in [-0.39, 0.29) is 5.91 Å². The summed E-state index contributed by atoms with van der Waals surface area (Å²) >= 11 is 5.99. The van der Waals surface area contributed by atoms with Crippen molar-refractivity contribution in [1.82, 2.24) is 10.6 Å². The van der Waals surface area contributed by atoms with Gasteiger partial charge in [-0.3, -0.25) is 4.79 Å². The molecular weight excluding hydrogens is 224 g/mol. The second kappa shape index (κ2) is 5.32. The van der Waals surface area contributed by atoms with E-state index in [9.17, 15) is 4.79 Å². The Kier molecular flexibility index (Phi) is 3.80. The van der Waals surface area contributed by atoms with Gasteiger partial charge in [-0.2, -0.15) is 0 Å². The molecule has 1 aromatic rings. The fourth-order valence-electron chi connectivity index (χ4n) is 1.46. The van der Waals surface area contributed by atoms with Crippen molar-refractivity contribution in [3.8, 4) is 0 Å². The summed E-state index contributed by atoms with van der Waals surface area (Å²) in [6.07, 6.45) is 2.24. The minimum absolute atomic E-state index is 0.0644. The molecule has 0 aliphatic heterocycles. The zero-order valence-electron chi connectivity index (χ0n) is 9.00. The third kappa shape index (κ3) is 3.51. The van der Waals surface area contributed by atoms with Gasteiger partial charge in [0.25, 0.3) is 0 Å². The first-order valence-electron chi connectivity index (χ1n) is 5.49. The van der Waals surface area contributed by atoms with Crippen LogP contribution in [-0.2, 0) is 11.3 Å². The van der Waals surface area contributed by atoms with E-state index in [0.717, 1.165) is 23.4 Å². The van der Waals surface area contributed by atoms with Gasteiger partial charge in [0, 0.05) is 17.6 Å². The Morgan fingerprint density at radius 1 is 1.38 bits per heavy atom. The van der Waals surface area contributed by atoms with Crippen LogP contribution in [0.5, 0.6) is 0 Å². The topological polar surface area (TPSA) is 41.1 Å². The van der Waals surface area contributed by atoms with Gasteiger partial charge < -0.3 is 10.6 Å². The van der Waals surface area contributed by atoms with E-state index in [1.807, 2.05) is 24.3 Å². The van der Waals surface area contributed by atoms with Crippen molar-refractivity contribution in [3.63, 3.8) is 0 Å². The van der Waals surface area contributed by atoms with E-state index < -0.39 is 0 Å². The molecule has 0 heterocycles. The highest BCUT2D eigenvalue weighted by Gasteiger charge is 2.22. The Morgan fingerprint density at radius 3 is 2.81 bits per heavy atom. The zero-order valence-corrected chi connectivity index (χ0v) is 9.76. The number of benzene rings is 1. The summed E-state index contributed by atoms with van der Waals surface area (Å²) in [6.45, 7) is 0.972. The second-order valence-electron chi connectivity index (χ2n) is 4.04. The van der Waals surface area contributed by atoms with Crippen LogP contribution in [0.2, 0.25) is 5.02 Å². The molecule has 1 fully saturated rings. The van der Waals surface area contributed by atoms with Crippen LogP contribution >= 0.6 is 11.6 Å². The van der Waals surface area contributed by atoms with E-state index in [1.165, 1.54) is 0 Å². The van der Waals surface area contributed by atoms with Crippen LogP contribution < -0.4 is 10.6 Å². The smallest absolute Gasteiger partial charge is 0.234 e. The van der Waals surface area contributed by atoms with Crippen molar-refractivity contribution in [1.29, 1.82) is 0 Å². The molecule has 1 aliphatic carbocycles. The van der Waals surface area contributed by atoms with E-state index >= 15 is 0 Å². The molecule has 1 aliphatic rings. The van der Waals surface area contributed by atoms with Gasteiger partial charge in [0.1, 0.15) is 0 Å². The maximum Gasteiger partial charge on any atom is 0.234 e. The van der Waals surface area contributed by atoms with Crippen LogP contribution in [0, 0.1) is 0 Å². The number of hydrogen-bond acceptors (Lipinski definition) is 2. The van der Waals surface area contributed by atoms with Gasteiger partial charge in [0.05, 0.1) is 6.54 Å². The average molecular weight is 239 g/mol. The molecule has 0 spiro atoms. The molecule has 4 heteroatoms. The molecule has 2 N–H and O–H groups in total. The number of rotatable bonds is 5. The number of hydrogen-bond donors (Lipinski definition) is 2. The van der Waals surface area contributed by atoms with Crippen molar-refractivity contribution < 1.29 is 4.79 Å². The summed E-state index contributed by atoms with van der Waals surface area (Å²) in [5.74, 6) is 0.0644. The highest BCUT2D eigenvalue weighted by Crippen LogP contribution is 2.18. The number of amides is 1. The minimum Gasteiger partial charge on any atom is -0.352 e. The standard InChI is InChI=1S/C12H15ClN2O/c13-11-4-2-1-3-9(11)7-14-8-12(16)15-10-5-6-10/h1-4,10,14H,5-8H2,(H,15,16). The Balaban J connectivity index is 1.70. The lowest BCUT2D eigenvalue weighted by Gasteiger charge is -2.06. The zero-order chi connectivity index (χ0) is 11.4. The summed E-state index contributed by atoms with van der Waals surface area (Å²) in [7, 11) is 0. The lowest BCUT2D eigenvalue weighted by molar-refractivity contribution is -0.120. The second-order valence-corrected chi connectivity index (χ2v) is 4.44. The first-order valence-corrected chi connectivity index (χ1v) is 5.87. The predicted octanol–water partition coefficient (Wildman–Crippen LogP) is 1.71. The van der Waals surface area contributed by atoms with Crippen molar-refractivity contribution in [2.45, 2.75) is 25.4 Å². The summed E-state index contributed by atoms with van der Waals surface area (Å²) in [4.78, 5) is 11.4. The van der Waals surface area contributed by atoms with Crippen LogP contribution in [0.1, 0.15) is 18.4 Å². The molecule has 16 heavy (non-hydrogen) atoms. The molecule has 2 rings (SSSR count). The van der Waals surface area contributed by atoms with E-state index in [0.29, 0.717) is 19.1 Å². The first kappa shape index (κ1) is 11.4. The SMILES string of the molecule is O=C(CNCc1ccccc1Cl)NC1CC1. The monoisotopic (exact) mass is 238 g/mol. The number of halogens is 1. The van der Waals surface area contributed by atoms with Gasteiger partial charge in [-0.1, -0.05) is 29.8 Å². The molecule has 1 saturated carbocycles. The maximum absolute atomic E-state index is 11.4. The summed E-state index contributed by atoms with van der Waals surface area (Å²) in [5, 5.41) is 6.73. The highest BCUT2D eigenvalue weighted by molar-refractivity contribution is 6.31. The molecule has 1 aromatic carbocycles. The average Bonchev–Trinajstić information content (AvgIpc) is 3.05. The Bertz CT molecular complexity index is 377. The Hall–Kier alpha value is -1.06. The van der Waals surface area contributed by atoms with Gasteiger partial charge in [-0.15, -0.1) is 0 Å². The van der Waals surface area contributed by atoms with Crippen molar-refractivity contribution in [2.75, 3.05) is 6.54 Å². The molecule has 1 amide bonds. The fraction of sp³-hybridized carbons (Fsp3) is 0.417. The van der Waals surface area contributed by atoms with Gasteiger partial charge in [0.15, 0.2) is 0 Å². The van der Waals surface area contributed by atoms with E-state index in [4.69, 9.17) is 11.6 Å². The van der Waals surface area contributed by atoms with Crippen LogP contribution in [0.4, 0.5) is 0 Å². The highest BCUT2D eigenvalue weighted by atomic mass is 35.5. The molecule has 0 aromatic heterocycles. The molecule has 0 radical (unpaired) electrons. The molecule has 86 valence electrons. The quantitative estimate of drug-likeness (QED) is 0.820. The molecule has 3 nitrogen and oxygen atoms in total. The van der Waals surface area contributed by atoms with Gasteiger partial charge in [-0.25, -0.2) is 0 Å². The number of nitrogens with one attached hydrogen (secondary N) is 2. The third-order valence-corrected chi connectivity index (χ3v) is 2.87. The van der Waals surface area contributed by atoms with Crippen LogP contribution in [0.25, 0.3) is 0 Å². The van der Waals surface area contributed by atoms with Crippen LogP contribution in [0.3, 0.4) is 0 Å². The Labute approximate surface area is 100 Å². The van der Waals surface area contributed by atoms with Gasteiger partial charge >= 0.3 is 0 Å². The largest absolute Gasteiger partial charge is 0.352 e. The Morgan fingerprint density at radius 2 is 2.12 bits per heavy atom. The molecule has 0 unspecified atom stereocenters. The van der Waals surface area contributed by atoms with E-state index in [1.54, 1.807) is 0 Å². The summed E-state index contributed by atoms with van der Waals surface area (Å²) < 4.78 is 0. The van der Waals surface area contributed by atoms with Crippen molar-refractivity contribution >= 4 is 17.5 Å². The van der Waals surface area contributed by atoms with Gasteiger partial charge in [0.2, 0.25) is 5.91 Å². The summed E-state index contributed by atoms with van der Waals surface area (Å²) in [6, 6.07) is 8.06. The fourth-order valence-corrected chi connectivity index (χ4v) is 1.66. The molecule has 0 saturated heterocycles. The lowest BCUT2D eigenvalue weighted by Crippen LogP contribution is -2.34. The van der Waals surface area contributed by atoms with Crippen LogP contribution in [0.15, 0.2) is 24.3 Å².